The summed E-state index contributed by atoms with van der Waals surface area (Å²) in [6.07, 6.45) is 2.24. The van der Waals surface area contributed by atoms with E-state index >= 15 is 0 Å². The van der Waals surface area contributed by atoms with E-state index in [0.29, 0.717) is 11.0 Å². The van der Waals surface area contributed by atoms with Crippen LogP contribution >= 0.6 is 33.9 Å². The summed E-state index contributed by atoms with van der Waals surface area (Å²) >= 11 is 4.04. The molecule has 17 heavy (non-hydrogen) atoms. The predicted molar refractivity (Wildman–Crippen MR) is 80.6 cm³/mol. The van der Waals surface area contributed by atoms with Gasteiger partial charge in [0, 0.05) is 14.4 Å². The number of halogens is 1. The third kappa shape index (κ3) is 1.97. The van der Waals surface area contributed by atoms with Gasteiger partial charge in [-0.2, -0.15) is 0 Å². The van der Waals surface area contributed by atoms with E-state index in [1.807, 2.05) is 0 Å². The Labute approximate surface area is 118 Å². The lowest BCUT2D eigenvalue weighted by atomic mass is 9.94. The Balaban J connectivity index is 2.09. The molecule has 1 heterocycles. The lowest BCUT2D eigenvalue weighted by Gasteiger charge is -2.13. The van der Waals surface area contributed by atoms with Gasteiger partial charge in [-0.15, -0.1) is 11.3 Å². The van der Waals surface area contributed by atoms with Gasteiger partial charge in [-0.1, -0.05) is 6.07 Å². The summed E-state index contributed by atoms with van der Waals surface area (Å²) in [7, 11) is 0. The van der Waals surface area contributed by atoms with Crippen molar-refractivity contribution in [1.29, 1.82) is 0 Å². The van der Waals surface area contributed by atoms with Crippen LogP contribution < -0.4 is 5.73 Å². The zero-order chi connectivity index (χ0) is 12.0. The number of nitrogens with zero attached hydrogens (tertiary/aromatic N) is 1. The summed E-state index contributed by atoms with van der Waals surface area (Å²) in [6.45, 7) is 2.19. The molecule has 4 heteroatoms. The molecule has 2 N–H and O–H groups in total. The maximum atomic E-state index is 5.80. The molecule has 0 saturated heterocycles. The maximum absolute atomic E-state index is 5.80. The van der Waals surface area contributed by atoms with Crippen LogP contribution in [0.2, 0.25) is 0 Å². The lowest BCUT2D eigenvalue weighted by Crippen LogP contribution is -1.98. The normalized spacial score (nSPS) is 18.4. The molecule has 2 aromatic rings. The highest BCUT2D eigenvalue weighted by atomic mass is 127. The van der Waals surface area contributed by atoms with Crippen LogP contribution in [0, 0.1) is 10.5 Å². The number of benzene rings is 1. The molecule has 0 radical (unpaired) electrons. The summed E-state index contributed by atoms with van der Waals surface area (Å²) in [6, 6.07) is 6.67. The van der Waals surface area contributed by atoms with E-state index in [9.17, 15) is 0 Å². The molecule has 0 fully saturated rings. The number of rotatable bonds is 1. The van der Waals surface area contributed by atoms with E-state index in [2.05, 4.69) is 52.7 Å². The van der Waals surface area contributed by atoms with Gasteiger partial charge in [0.15, 0.2) is 5.13 Å². The Bertz CT molecular complexity index is 577. The molecule has 0 spiro atoms. The number of nitrogens with two attached hydrogens (primary N) is 1. The number of fused-ring (bicyclic) bond motifs is 1. The van der Waals surface area contributed by atoms with Crippen molar-refractivity contribution in [3.8, 4) is 0 Å². The first kappa shape index (κ1) is 11.5. The smallest absolute Gasteiger partial charge is 0.180 e. The molecule has 0 amide bonds. The molecule has 0 saturated carbocycles. The molecule has 0 bridgehead atoms. The number of hydrogen-bond acceptors (Lipinski definition) is 3. The van der Waals surface area contributed by atoms with Crippen molar-refractivity contribution >= 4 is 39.1 Å². The van der Waals surface area contributed by atoms with Crippen LogP contribution in [-0.4, -0.2) is 4.98 Å². The van der Waals surface area contributed by atoms with E-state index in [1.54, 1.807) is 11.3 Å². The number of aromatic nitrogens is 1. The SMILES string of the molecule is Cc1ccc(I)cc1C1CCc2nc(N)sc21. The van der Waals surface area contributed by atoms with Gasteiger partial charge >= 0.3 is 0 Å². The quantitative estimate of drug-likeness (QED) is 0.791. The fourth-order valence-corrected chi connectivity index (χ4v) is 4.08. The summed E-state index contributed by atoms with van der Waals surface area (Å²) in [5, 5.41) is 0.711. The predicted octanol–water partition coefficient (Wildman–Crippen LogP) is 3.72. The Kier molecular flexibility index (Phi) is 2.86. The van der Waals surface area contributed by atoms with Gasteiger partial charge in [-0.25, -0.2) is 4.98 Å². The molecule has 1 aliphatic carbocycles. The van der Waals surface area contributed by atoms with Crippen LogP contribution in [-0.2, 0) is 6.42 Å². The van der Waals surface area contributed by atoms with Crippen LogP contribution in [0.5, 0.6) is 0 Å². The molecule has 1 atom stereocenters. The Hall–Kier alpha value is -0.620. The van der Waals surface area contributed by atoms with E-state index < -0.39 is 0 Å². The molecular weight excluding hydrogens is 343 g/mol. The average Bonchev–Trinajstić information content (AvgIpc) is 2.80. The van der Waals surface area contributed by atoms with Crippen molar-refractivity contribution in [3.05, 3.63) is 43.5 Å². The van der Waals surface area contributed by atoms with Crippen LogP contribution in [0.15, 0.2) is 18.2 Å². The van der Waals surface area contributed by atoms with Gasteiger partial charge in [-0.3, -0.25) is 0 Å². The first-order valence-corrected chi connectivity index (χ1v) is 7.56. The van der Waals surface area contributed by atoms with E-state index in [0.717, 1.165) is 6.42 Å². The van der Waals surface area contributed by atoms with Crippen molar-refractivity contribution in [2.45, 2.75) is 25.7 Å². The average molecular weight is 356 g/mol. The molecule has 88 valence electrons. The number of thiazole rings is 1. The number of nitrogen functional groups attached to an aromatic ring is 1. The molecule has 1 aromatic heterocycles. The summed E-state index contributed by atoms with van der Waals surface area (Å²) < 4.78 is 1.30. The van der Waals surface area contributed by atoms with Crippen molar-refractivity contribution < 1.29 is 0 Å². The van der Waals surface area contributed by atoms with Gasteiger partial charge in [0.25, 0.3) is 0 Å². The van der Waals surface area contributed by atoms with Gasteiger partial charge in [0.05, 0.1) is 5.69 Å². The number of aryl methyl sites for hydroxylation is 2. The standard InChI is InChI=1S/C13H13IN2S/c1-7-2-3-8(14)6-10(7)9-4-5-11-12(9)17-13(15)16-11/h2-3,6,9H,4-5H2,1H3,(H2,15,16). The third-order valence-electron chi connectivity index (χ3n) is 3.35. The minimum atomic E-state index is 0.509. The minimum Gasteiger partial charge on any atom is -0.375 e. The first-order chi connectivity index (χ1) is 8.15. The highest BCUT2D eigenvalue weighted by Gasteiger charge is 2.28. The molecule has 2 nitrogen and oxygen atoms in total. The van der Waals surface area contributed by atoms with E-state index in [4.69, 9.17) is 5.73 Å². The van der Waals surface area contributed by atoms with Crippen LogP contribution in [0.3, 0.4) is 0 Å². The zero-order valence-corrected chi connectivity index (χ0v) is 12.5. The molecule has 1 aliphatic rings. The van der Waals surface area contributed by atoms with Crippen molar-refractivity contribution in [2.75, 3.05) is 5.73 Å². The van der Waals surface area contributed by atoms with Crippen LogP contribution in [0.25, 0.3) is 0 Å². The fourth-order valence-electron chi connectivity index (χ4n) is 2.53. The van der Waals surface area contributed by atoms with Crippen LogP contribution in [0.4, 0.5) is 5.13 Å². The second-order valence-corrected chi connectivity index (χ2v) is 6.76. The summed E-state index contributed by atoms with van der Waals surface area (Å²) in [5.41, 5.74) is 9.84. The maximum Gasteiger partial charge on any atom is 0.180 e. The van der Waals surface area contributed by atoms with Gasteiger partial charge in [-0.05, 0) is 65.6 Å². The lowest BCUT2D eigenvalue weighted by molar-refractivity contribution is 0.784. The highest BCUT2D eigenvalue weighted by molar-refractivity contribution is 14.1. The van der Waals surface area contributed by atoms with Gasteiger partial charge < -0.3 is 5.73 Å². The molecular formula is C13H13IN2S. The Morgan fingerprint density at radius 1 is 1.47 bits per heavy atom. The van der Waals surface area contributed by atoms with Crippen molar-refractivity contribution in [1.82, 2.24) is 4.98 Å². The Morgan fingerprint density at radius 3 is 3.12 bits per heavy atom. The molecule has 0 aliphatic heterocycles. The van der Waals surface area contributed by atoms with Crippen molar-refractivity contribution in [2.24, 2.45) is 0 Å². The van der Waals surface area contributed by atoms with Crippen molar-refractivity contribution in [3.63, 3.8) is 0 Å². The Morgan fingerprint density at radius 2 is 2.29 bits per heavy atom. The van der Waals surface area contributed by atoms with E-state index in [-0.39, 0.29) is 0 Å². The first-order valence-electron chi connectivity index (χ1n) is 5.66. The third-order valence-corrected chi connectivity index (χ3v) is 5.06. The van der Waals surface area contributed by atoms with E-state index in [1.165, 1.54) is 31.7 Å². The number of anilines is 1. The fraction of sp³-hybridized carbons (Fsp3) is 0.308. The topological polar surface area (TPSA) is 38.9 Å². The zero-order valence-electron chi connectivity index (χ0n) is 9.53. The van der Waals surface area contributed by atoms with Gasteiger partial charge in [0.1, 0.15) is 0 Å². The largest absolute Gasteiger partial charge is 0.375 e. The monoisotopic (exact) mass is 356 g/mol. The second kappa shape index (κ2) is 4.24. The molecule has 1 aromatic carbocycles. The molecule has 1 unspecified atom stereocenters. The number of hydrogen-bond donors (Lipinski definition) is 1. The van der Waals surface area contributed by atoms with Gasteiger partial charge in [0.2, 0.25) is 0 Å². The second-order valence-electron chi connectivity index (χ2n) is 4.46. The van der Waals surface area contributed by atoms with Crippen LogP contribution in [0.1, 0.15) is 34.0 Å². The highest BCUT2D eigenvalue weighted by Crippen LogP contribution is 2.43. The molecule has 3 rings (SSSR count). The summed E-state index contributed by atoms with van der Waals surface area (Å²) in [4.78, 5) is 5.80. The minimum absolute atomic E-state index is 0.509. The summed E-state index contributed by atoms with van der Waals surface area (Å²) in [5.74, 6) is 0.509.